The van der Waals surface area contributed by atoms with Crippen LogP contribution < -0.4 is 0 Å². The molecule has 0 amide bonds. The van der Waals surface area contributed by atoms with Crippen LogP contribution in [0, 0.1) is 11.8 Å². The van der Waals surface area contributed by atoms with E-state index in [4.69, 9.17) is 16.3 Å². The van der Waals surface area contributed by atoms with Crippen LogP contribution in [0.3, 0.4) is 0 Å². The fourth-order valence-corrected chi connectivity index (χ4v) is 2.33. The monoisotopic (exact) mass is 175 g/mol. The third kappa shape index (κ3) is 1.53. The lowest BCUT2D eigenvalue weighted by Gasteiger charge is -2.13. The predicted molar refractivity (Wildman–Crippen MR) is 45.0 cm³/mol. The zero-order valence-electron chi connectivity index (χ0n) is 6.63. The van der Waals surface area contributed by atoms with Gasteiger partial charge in [-0.15, -0.1) is 11.6 Å². The SMILES string of the molecule is ClCCN1CC2COC[C@@H]2C1. The van der Waals surface area contributed by atoms with Gasteiger partial charge >= 0.3 is 0 Å². The van der Waals surface area contributed by atoms with Gasteiger partial charge in [0.25, 0.3) is 0 Å². The Morgan fingerprint density at radius 3 is 2.45 bits per heavy atom. The van der Waals surface area contributed by atoms with Crippen LogP contribution >= 0.6 is 11.6 Å². The van der Waals surface area contributed by atoms with Gasteiger partial charge in [-0.05, 0) is 0 Å². The van der Waals surface area contributed by atoms with E-state index in [1.807, 2.05) is 0 Å². The van der Waals surface area contributed by atoms with Crippen molar-refractivity contribution in [2.24, 2.45) is 11.8 Å². The summed E-state index contributed by atoms with van der Waals surface area (Å²) >= 11 is 5.67. The maximum atomic E-state index is 5.67. The molecule has 2 fully saturated rings. The van der Waals surface area contributed by atoms with Crippen LogP contribution in [-0.2, 0) is 4.74 Å². The van der Waals surface area contributed by atoms with Gasteiger partial charge in [-0.3, -0.25) is 0 Å². The van der Waals surface area contributed by atoms with E-state index in [1.165, 1.54) is 13.1 Å². The second-order valence-corrected chi connectivity index (χ2v) is 3.88. The van der Waals surface area contributed by atoms with Crippen molar-refractivity contribution in [3.63, 3.8) is 0 Å². The van der Waals surface area contributed by atoms with E-state index < -0.39 is 0 Å². The highest BCUT2D eigenvalue weighted by Crippen LogP contribution is 2.28. The minimum atomic E-state index is 0.764. The maximum absolute atomic E-state index is 5.67. The number of nitrogens with zero attached hydrogens (tertiary/aromatic N) is 1. The van der Waals surface area contributed by atoms with Gasteiger partial charge in [0, 0.05) is 37.4 Å². The molecule has 3 heteroatoms. The molecule has 0 aromatic carbocycles. The predicted octanol–water partition coefficient (Wildman–Crippen LogP) is 0.803. The Hall–Kier alpha value is 0.210. The molecule has 2 aliphatic heterocycles. The third-order valence-electron chi connectivity index (χ3n) is 2.72. The summed E-state index contributed by atoms with van der Waals surface area (Å²) in [6, 6.07) is 0. The molecule has 0 N–H and O–H groups in total. The van der Waals surface area contributed by atoms with Gasteiger partial charge in [0.2, 0.25) is 0 Å². The second kappa shape index (κ2) is 3.30. The average Bonchev–Trinajstić information content (AvgIpc) is 2.46. The highest BCUT2D eigenvalue weighted by Gasteiger charge is 2.36. The summed E-state index contributed by atoms with van der Waals surface area (Å²) in [5.41, 5.74) is 0. The summed E-state index contributed by atoms with van der Waals surface area (Å²) in [6.45, 7) is 5.41. The van der Waals surface area contributed by atoms with Gasteiger partial charge < -0.3 is 9.64 Å². The van der Waals surface area contributed by atoms with Crippen LogP contribution in [0.1, 0.15) is 0 Å². The van der Waals surface area contributed by atoms with Gasteiger partial charge in [0.05, 0.1) is 13.2 Å². The van der Waals surface area contributed by atoms with Crippen molar-refractivity contribution in [1.82, 2.24) is 4.90 Å². The van der Waals surface area contributed by atoms with Crippen LogP contribution in [0.5, 0.6) is 0 Å². The molecule has 2 saturated heterocycles. The maximum Gasteiger partial charge on any atom is 0.0510 e. The van der Waals surface area contributed by atoms with E-state index >= 15 is 0 Å². The molecule has 0 aromatic rings. The lowest BCUT2D eigenvalue weighted by atomic mass is 10.0. The molecule has 64 valence electrons. The Morgan fingerprint density at radius 1 is 1.27 bits per heavy atom. The summed E-state index contributed by atoms with van der Waals surface area (Å²) in [6.07, 6.45) is 0. The molecule has 2 atom stereocenters. The van der Waals surface area contributed by atoms with Crippen molar-refractivity contribution in [3.05, 3.63) is 0 Å². The molecule has 1 unspecified atom stereocenters. The Labute approximate surface area is 72.5 Å². The molecule has 0 spiro atoms. The molecule has 0 aromatic heterocycles. The average molecular weight is 176 g/mol. The number of halogens is 1. The molecule has 2 rings (SSSR count). The minimum Gasteiger partial charge on any atom is -0.381 e. The molecule has 2 heterocycles. The normalized spacial score (nSPS) is 37.9. The third-order valence-corrected chi connectivity index (χ3v) is 2.89. The van der Waals surface area contributed by atoms with Crippen LogP contribution in [0.15, 0.2) is 0 Å². The Morgan fingerprint density at radius 2 is 1.91 bits per heavy atom. The molecular weight excluding hydrogens is 162 g/mol. The first-order chi connectivity index (χ1) is 5.40. The largest absolute Gasteiger partial charge is 0.381 e. The zero-order chi connectivity index (χ0) is 7.68. The Kier molecular flexibility index (Phi) is 2.35. The van der Waals surface area contributed by atoms with Crippen LogP contribution in [0.2, 0.25) is 0 Å². The summed E-state index contributed by atoms with van der Waals surface area (Å²) in [4.78, 5) is 2.45. The smallest absolute Gasteiger partial charge is 0.0510 e. The van der Waals surface area contributed by atoms with Crippen molar-refractivity contribution in [2.75, 3.05) is 38.7 Å². The van der Waals surface area contributed by atoms with Crippen molar-refractivity contribution < 1.29 is 4.74 Å². The second-order valence-electron chi connectivity index (χ2n) is 3.51. The van der Waals surface area contributed by atoms with Crippen molar-refractivity contribution in [3.8, 4) is 0 Å². The molecule has 0 bridgehead atoms. The van der Waals surface area contributed by atoms with E-state index in [9.17, 15) is 0 Å². The number of hydrogen-bond acceptors (Lipinski definition) is 2. The first kappa shape index (κ1) is 7.84. The first-order valence-corrected chi connectivity index (χ1v) is 4.79. The Bertz CT molecular complexity index is 130. The van der Waals surface area contributed by atoms with E-state index in [2.05, 4.69) is 4.90 Å². The van der Waals surface area contributed by atoms with E-state index in [0.717, 1.165) is 37.5 Å². The molecule has 2 nitrogen and oxygen atoms in total. The van der Waals surface area contributed by atoms with Crippen molar-refractivity contribution >= 4 is 11.6 Å². The van der Waals surface area contributed by atoms with Gasteiger partial charge in [-0.25, -0.2) is 0 Å². The number of alkyl halides is 1. The lowest BCUT2D eigenvalue weighted by Crippen LogP contribution is -2.24. The quantitative estimate of drug-likeness (QED) is 0.576. The number of ether oxygens (including phenoxy) is 1. The Balaban J connectivity index is 1.84. The zero-order valence-corrected chi connectivity index (χ0v) is 7.39. The fraction of sp³-hybridized carbons (Fsp3) is 1.00. The topological polar surface area (TPSA) is 12.5 Å². The first-order valence-electron chi connectivity index (χ1n) is 4.26. The molecule has 0 saturated carbocycles. The minimum absolute atomic E-state index is 0.764. The van der Waals surface area contributed by atoms with Gasteiger partial charge in [-0.2, -0.15) is 0 Å². The van der Waals surface area contributed by atoms with E-state index in [-0.39, 0.29) is 0 Å². The number of hydrogen-bond donors (Lipinski definition) is 0. The van der Waals surface area contributed by atoms with Crippen LogP contribution in [-0.4, -0.2) is 43.6 Å². The van der Waals surface area contributed by atoms with Gasteiger partial charge in [-0.1, -0.05) is 0 Å². The van der Waals surface area contributed by atoms with E-state index in [1.54, 1.807) is 0 Å². The number of fused-ring (bicyclic) bond motifs is 1. The number of rotatable bonds is 2. The molecule has 0 radical (unpaired) electrons. The van der Waals surface area contributed by atoms with Crippen LogP contribution in [0.4, 0.5) is 0 Å². The molecule has 2 aliphatic rings. The highest BCUT2D eigenvalue weighted by molar-refractivity contribution is 6.18. The van der Waals surface area contributed by atoms with E-state index in [0.29, 0.717) is 0 Å². The summed E-state index contributed by atoms with van der Waals surface area (Å²) in [5.74, 6) is 2.37. The standard InChI is InChI=1S/C8H14ClNO/c9-1-2-10-3-7-5-11-6-8(7)4-10/h7-8H,1-6H2/t7-,8?/m0/s1. The summed E-state index contributed by atoms with van der Waals surface area (Å²) < 4.78 is 5.38. The molecular formula is C8H14ClNO. The molecule has 11 heavy (non-hydrogen) atoms. The van der Waals surface area contributed by atoms with Gasteiger partial charge in [0.15, 0.2) is 0 Å². The lowest BCUT2D eigenvalue weighted by molar-refractivity contribution is 0.156. The highest BCUT2D eigenvalue weighted by atomic mass is 35.5. The van der Waals surface area contributed by atoms with Gasteiger partial charge in [0.1, 0.15) is 0 Å². The van der Waals surface area contributed by atoms with Crippen molar-refractivity contribution in [2.45, 2.75) is 0 Å². The number of likely N-dealkylation sites (tertiary alicyclic amines) is 1. The summed E-state index contributed by atoms with van der Waals surface area (Å²) in [5, 5.41) is 0. The van der Waals surface area contributed by atoms with Crippen LogP contribution in [0.25, 0.3) is 0 Å². The summed E-state index contributed by atoms with van der Waals surface area (Å²) in [7, 11) is 0. The van der Waals surface area contributed by atoms with Crippen molar-refractivity contribution in [1.29, 1.82) is 0 Å². The fourth-order valence-electron chi connectivity index (χ4n) is 2.09. The molecule has 0 aliphatic carbocycles.